The number of fused-ring (bicyclic) bond motifs is 1. The average Bonchev–Trinajstić information content (AvgIpc) is 3.31. The number of carbonyl (C=O) groups is 1. The topological polar surface area (TPSA) is 90.4 Å². The highest BCUT2D eigenvalue weighted by molar-refractivity contribution is 14.1. The molecule has 1 aliphatic heterocycles. The smallest absolute Gasteiger partial charge is 0.259 e. The van der Waals surface area contributed by atoms with E-state index < -0.39 is 0 Å². The van der Waals surface area contributed by atoms with Crippen LogP contribution < -0.4 is 29.7 Å². The van der Waals surface area contributed by atoms with Crippen molar-refractivity contribution in [1.82, 2.24) is 5.43 Å². The Bertz CT molecular complexity index is 1290. The summed E-state index contributed by atoms with van der Waals surface area (Å²) in [6.45, 7) is 2.84. The molecular weight excluding hydrogens is 620 g/mol. The van der Waals surface area contributed by atoms with Crippen molar-refractivity contribution in [3.05, 3.63) is 73.3 Å². The van der Waals surface area contributed by atoms with Gasteiger partial charge in [-0.05, 0) is 71.5 Å². The summed E-state index contributed by atoms with van der Waals surface area (Å²) in [6.07, 6.45) is 1.54. The van der Waals surface area contributed by atoms with Gasteiger partial charge in [0.05, 0.1) is 22.9 Å². The number of benzene rings is 3. The highest BCUT2D eigenvalue weighted by Crippen LogP contribution is 2.36. The van der Waals surface area contributed by atoms with Crippen molar-refractivity contribution in [2.24, 2.45) is 5.10 Å². The van der Waals surface area contributed by atoms with Crippen LogP contribution in [0.1, 0.15) is 18.1 Å². The number of carbonyl (C=O) groups excluding carboxylic acids is 1. The average molecular weight is 642 g/mol. The Kier molecular flexibility index (Phi) is 9.00. The summed E-state index contributed by atoms with van der Waals surface area (Å²) in [5.41, 5.74) is 4.80. The first kappa shape index (κ1) is 26.2. The lowest BCUT2D eigenvalue weighted by atomic mass is 10.2. The maximum atomic E-state index is 12.2. The van der Waals surface area contributed by atoms with Crippen LogP contribution in [0.25, 0.3) is 0 Å². The Balaban J connectivity index is 1.35. The van der Waals surface area contributed by atoms with Gasteiger partial charge in [-0.2, -0.15) is 5.10 Å². The Hall–Kier alpha value is -2.89. The molecule has 3 aromatic carbocycles. The molecule has 0 aromatic heterocycles. The van der Waals surface area contributed by atoms with Gasteiger partial charge in [0.25, 0.3) is 5.91 Å². The Morgan fingerprint density at radius 2 is 1.94 bits per heavy atom. The lowest BCUT2D eigenvalue weighted by Gasteiger charge is -2.15. The third-order valence-corrected chi connectivity index (χ3v) is 6.34. The molecule has 4 rings (SSSR count). The minimum Gasteiger partial charge on any atom is -0.490 e. The van der Waals surface area contributed by atoms with Gasteiger partial charge in [0.2, 0.25) is 6.79 Å². The molecular formula is C25H22Cl2IN3O5. The maximum absolute atomic E-state index is 12.2. The van der Waals surface area contributed by atoms with Crippen LogP contribution in [0.2, 0.25) is 10.0 Å². The molecule has 0 saturated carbocycles. The molecule has 0 spiro atoms. The van der Waals surface area contributed by atoms with E-state index in [0.29, 0.717) is 39.7 Å². The number of halogens is 3. The Morgan fingerprint density at radius 1 is 1.11 bits per heavy atom. The summed E-state index contributed by atoms with van der Waals surface area (Å²) in [7, 11) is 0. The van der Waals surface area contributed by atoms with E-state index in [4.69, 9.17) is 42.1 Å². The lowest BCUT2D eigenvalue weighted by molar-refractivity contribution is -0.119. The summed E-state index contributed by atoms with van der Waals surface area (Å²) in [6, 6.07) is 14.3. The molecule has 8 nitrogen and oxygen atoms in total. The van der Waals surface area contributed by atoms with E-state index in [0.717, 1.165) is 20.4 Å². The zero-order valence-corrected chi connectivity index (χ0v) is 22.8. The van der Waals surface area contributed by atoms with Crippen LogP contribution in [0.5, 0.6) is 23.0 Å². The fourth-order valence-corrected chi connectivity index (χ4v) is 4.51. The van der Waals surface area contributed by atoms with Gasteiger partial charge < -0.3 is 24.3 Å². The van der Waals surface area contributed by atoms with E-state index in [1.54, 1.807) is 36.5 Å². The highest BCUT2D eigenvalue weighted by atomic mass is 127. The molecule has 0 bridgehead atoms. The largest absolute Gasteiger partial charge is 0.490 e. The van der Waals surface area contributed by atoms with Gasteiger partial charge in [-0.1, -0.05) is 29.3 Å². The zero-order chi connectivity index (χ0) is 25.5. The van der Waals surface area contributed by atoms with Gasteiger partial charge >= 0.3 is 0 Å². The molecule has 1 amide bonds. The molecule has 11 heteroatoms. The van der Waals surface area contributed by atoms with E-state index in [2.05, 4.69) is 38.4 Å². The van der Waals surface area contributed by atoms with Gasteiger partial charge in [-0.25, -0.2) is 5.43 Å². The van der Waals surface area contributed by atoms with Gasteiger partial charge in [0, 0.05) is 27.4 Å². The van der Waals surface area contributed by atoms with Crippen molar-refractivity contribution in [2.75, 3.05) is 25.3 Å². The molecule has 2 N–H and O–H groups in total. The quantitative estimate of drug-likeness (QED) is 0.164. The lowest BCUT2D eigenvalue weighted by Crippen LogP contribution is -2.25. The summed E-state index contributed by atoms with van der Waals surface area (Å²) in [5.74, 6) is 2.18. The molecule has 0 fully saturated rings. The molecule has 36 heavy (non-hydrogen) atoms. The first-order valence-electron chi connectivity index (χ1n) is 10.9. The van der Waals surface area contributed by atoms with Crippen LogP contribution in [0.3, 0.4) is 0 Å². The number of hydrogen-bond acceptors (Lipinski definition) is 7. The van der Waals surface area contributed by atoms with Crippen molar-refractivity contribution in [2.45, 2.75) is 13.5 Å². The van der Waals surface area contributed by atoms with Crippen LogP contribution in [-0.2, 0) is 11.4 Å². The van der Waals surface area contributed by atoms with Crippen molar-refractivity contribution in [3.8, 4) is 23.0 Å². The molecule has 188 valence electrons. The molecule has 0 saturated heterocycles. The van der Waals surface area contributed by atoms with Crippen molar-refractivity contribution < 1.29 is 23.7 Å². The van der Waals surface area contributed by atoms with Crippen LogP contribution in [0.4, 0.5) is 5.69 Å². The van der Waals surface area contributed by atoms with Crippen molar-refractivity contribution >= 4 is 63.6 Å². The summed E-state index contributed by atoms with van der Waals surface area (Å²) < 4.78 is 23.2. The first-order chi connectivity index (χ1) is 17.4. The molecule has 0 unspecified atom stereocenters. The van der Waals surface area contributed by atoms with Crippen LogP contribution in [-0.4, -0.2) is 32.1 Å². The second-order valence-corrected chi connectivity index (χ2v) is 9.51. The third kappa shape index (κ3) is 6.86. The van der Waals surface area contributed by atoms with Gasteiger partial charge in [0.1, 0.15) is 6.61 Å². The van der Waals surface area contributed by atoms with Crippen LogP contribution in [0, 0.1) is 3.57 Å². The minimum absolute atomic E-state index is 0.0404. The Morgan fingerprint density at radius 3 is 2.75 bits per heavy atom. The minimum atomic E-state index is -0.302. The first-order valence-corrected chi connectivity index (χ1v) is 12.7. The monoisotopic (exact) mass is 641 g/mol. The van der Waals surface area contributed by atoms with E-state index in [1.807, 2.05) is 25.1 Å². The predicted octanol–water partition coefficient (Wildman–Crippen LogP) is 5.87. The molecule has 1 aliphatic rings. The fourth-order valence-electron chi connectivity index (χ4n) is 3.26. The third-order valence-electron chi connectivity index (χ3n) is 4.95. The number of rotatable bonds is 10. The highest BCUT2D eigenvalue weighted by Gasteiger charge is 2.14. The van der Waals surface area contributed by atoms with Crippen LogP contribution in [0.15, 0.2) is 53.6 Å². The van der Waals surface area contributed by atoms with Gasteiger partial charge in [-0.15, -0.1) is 0 Å². The van der Waals surface area contributed by atoms with Crippen LogP contribution >= 0.6 is 45.8 Å². The van der Waals surface area contributed by atoms with Gasteiger partial charge in [0.15, 0.2) is 23.0 Å². The second-order valence-electron chi connectivity index (χ2n) is 7.50. The number of hydrazone groups is 1. The number of hydrogen-bond donors (Lipinski definition) is 2. The van der Waals surface area contributed by atoms with E-state index in [-0.39, 0.29) is 25.9 Å². The Labute approximate surface area is 232 Å². The predicted molar refractivity (Wildman–Crippen MR) is 148 cm³/mol. The second kappa shape index (κ2) is 12.4. The number of nitrogens with zero attached hydrogens (tertiary/aromatic N) is 1. The number of nitrogens with one attached hydrogen (secondary N) is 2. The SMILES string of the molecule is CCOc1cc(/C=N/NC(=O)CNc2ccc3c(c2)OCO3)cc(I)c1OCc1ccc(Cl)cc1Cl. The molecule has 0 atom stereocenters. The maximum Gasteiger partial charge on any atom is 0.259 e. The zero-order valence-electron chi connectivity index (χ0n) is 19.1. The van der Waals surface area contributed by atoms with E-state index in [1.165, 1.54) is 0 Å². The number of anilines is 1. The summed E-state index contributed by atoms with van der Waals surface area (Å²) in [4.78, 5) is 12.2. The summed E-state index contributed by atoms with van der Waals surface area (Å²) >= 11 is 14.4. The standard InChI is InChI=1S/C25H22Cl2IN3O5/c1-2-33-23-8-15(7-20(28)25(23)34-13-16-3-4-17(26)9-19(16)27)11-30-31-24(32)12-29-18-5-6-21-22(10-18)36-14-35-21/h3-11,29H,2,12-14H2,1H3,(H,31,32)/b30-11+. The molecule has 1 heterocycles. The summed E-state index contributed by atoms with van der Waals surface area (Å²) in [5, 5.41) is 8.18. The molecule has 3 aromatic rings. The number of ether oxygens (including phenoxy) is 4. The molecule has 0 radical (unpaired) electrons. The van der Waals surface area contributed by atoms with Crippen molar-refractivity contribution in [3.63, 3.8) is 0 Å². The van der Waals surface area contributed by atoms with Crippen molar-refractivity contribution in [1.29, 1.82) is 0 Å². The normalized spacial score (nSPS) is 12.0. The molecule has 0 aliphatic carbocycles. The van der Waals surface area contributed by atoms with E-state index in [9.17, 15) is 4.79 Å². The number of amides is 1. The van der Waals surface area contributed by atoms with E-state index >= 15 is 0 Å². The van der Waals surface area contributed by atoms with Gasteiger partial charge in [-0.3, -0.25) is 4.79 Å². The fraction of sp³-hybridized carbons (Fsp3) is 0.200.